The summed E-state index contributed by atoms with van der Waals surface area (Å²) in [6, 6.07) is 14.0. The summed E-state index contributed by atoms with van der Waals surface area (Å²) in [6.07, 6.45) is 1.18. The number of nitriles is 1. The molecule has 116 valence electrons. The summed E-state index contributed by atoms with van der Waals surface area (Å²) >= 11 is 0. The predicted molar refractivity (Wildman–Crippen MR) is 87.7 cm³/mol. The second-order valence-corrected chi connectivity index (χ2v) is 7.21. The normalized spacial score (nSPS) is 11.3. The first-order valence-corrected chi connectivity index (χ1v) is 8.77. The van der Waals surface area contributed by atoms with E-state index in [2.05, 4.69) is 21.4 Å². The van der Waals surface area contributed by atoms with Gasteiger partial charge in [-0.2, -0.15) is 5.26 Å². The van der Waals surface area contributed by atoms with Crippen molar-refractivity contribution in [1.82, 2.24) is 9.97 Å². The van der Waals surface area contributed by atoms with Crippen LogP contribution in [0.25, 0.3) is 11.0 Å². The third-order valence-corrected chi connectivity index (χ3v) is 4.55. The number of nitrogens with one attached hydrogen (secondary N) is 2. The minimum Gasteiger partial charge on any atom is -0.352 e. The van der Waals surface area contributed by atoms with Crippen LogP contribution >= 0.6 is 0 Å². The van der Waals surface area contributed by atoms with Crippen LogP contribution in [0.5, 0.6) is 0 Å². The van der Waals surface area contributed by atoms with E-state index in [1.54, 1.807) is 42.5 Å². The van der Waals surface area contributed by atoms with E-state index in [1.807, 2.05) is 0 Å². The lowest BCUT2D eigenvalue weighted by molar-refractivity contribution is 0.602. The SMILES string of the molecule is CS(=O)(=O)c1ccc(CNc2nc3ccc(C#N)cc3[nH]2)cc1. The van der Waals surface area contributed by atoms with Crippen molar-refractivity contribution < 1.29 is 8.42 Å². The topological polar surface area (TPSA) is 98.6 Å². The van der Waals surface area contributed by atoms with E-state index in [0.717, 1.165) is 16.6 Å². The van der Waals surface area contributed by atoms with Crippen LogP contribution in [0.4, 0.5) is 5.95 Å². The summed E-state index contributed by atoms with van der Waals surface area (Å²) in [5, 5.41) is 12.0. The van der Waals surface area contributed by atoms with Gasteiger partial charge < -0.3 is 10.3 Å². The van der Waals surface area contributed by atoms with Crippen molar-refractivity contribution in [1.29, 1.82) is 5.26 Å². The lowest BCUT2D eigenvalue weighted by Gasteiger charge is -2.04. The van der Waals surface area contributed by atoms with Gasteiger partial charge in [-0.25, -0.2) is 13.4 Å². The van der Waals surface area contributed by atoms with Crippen molar-refractivity contribution >= 4 is 26.8 Å². The van der Waals surface area contributed by atoms with Crippen molar-refractivity contribution in [2.24, 2.45) is 0 Å². The molecular formula is C16H14N4O2S. The first-order valence-electron chi connectivity index (χ1n) is 6.88. The van der Waals surface area contributed by atoms with Gasteiger partial charge in [0.05, 0.1) is 27.6 Å². The van der Waals surface area contributed by atoms with Crippen LogP contribution in [-0.4, -0.2) is 24.6 Å². The largest absolute Gasteiger partial charge is 0.352 e. The van der Waals surface area contributed by atoms with Gasteiger partial charge in [-0.1, -0.05) is 12.1 Å². The molecule has 7 heteroatoms. The number of nitrogens with zero attached hydrogens (tertiary/aromatic N) is 2. The molecule has 2 aromatic carbocycles. The smallest absolute Gasteiger partial charge is 0.201 e. The third-order valence-electron chi connectivity index (χ3n) is 3.42. The van der Waals surface area contributed by atoms with Gasteiger partial charge in [-0.05, 0) is 35.9 Å². The Morgan fingerprint density at radius 1 is 1.22 bits per heavy atom. The van der Waals surface area contributed by atoms with Crippen LogP contribution in [0.3, 0.4) is 0 Å². The number of sulfone groups is 1. The fourth-order valence-corrected chi connectivity index (χ4v) is 2.83. The van der Waals surface area contributed by atoms with Gasteiger partial charge in [0.25, 0.3) is 0 Å². The van der Waals surface area contributed by atoms with E-state index in [-0.39, 0.29) is 0 Å². The number of imidazole rings is 1. The zero-order valence-electron chi connectivity index (χ0n) is 12.4. The van der Waals surface area contributed by atoms with Crippen LogP contribution in [0.1, 0.15) is 11.1 Å². The number of fused-ring (bicyclic) bond motifs is 1. The zero-order chi connectivity index (χ0) is 16.4. The van der Waals surface area contributed by atoms with Crippen molar-refractivity contribution in [3.8, 4) is 6.07 Å². The summed E-state index contributed by atoms with van der Waals surface area (Å²) in [5.74, 6) is 0.599. The van der Waals surface area contributed by atoms with Crippen molar-refractivity contribution in [2.45, 2.75) is 11.4 Å². The fourth-order valence-electron chi connectivity index (χ4n) is 2.20. The minimum atomic E-state index is -3.18. The van der Waals surface area contributed by atoms with Gasteiger partial charge in [0.2, 0.25) is 5.95 Å². The monoisotopic (exact) mass is 326 g/mol. The quantitative estimate of drug-likeness (QED) is 0.767. The Kier molecular flexibility index (Phi) is 3.76. The molecule has 0 aliphatic rings. The minimum absolute atomic E-state index is 0.300. The fraction of sp³-hybridized carbons (Fsp3) is 0.125. The summed E-state index contributed by atoms with van der Waals surface area (Å²) < 4.78 is 22.8. The molecule has 0 saturated carbocycles. The third kappa shape index (κ3) is 3.33. The van der Waals surface area contributed by atoms with E-state index in [9.17, 15) is 8.42 Å². The summed E-state index contributed by atoms with van der Waals surface area (Å²) in [5.41, 5.74) is 3.08. The molecule has 1 heterocycles. The molecule has 3 aromatic rings. The van der Waals surface area contributed by atoms with Crippen molar-refractivity contribution in [2.75, 3.05) is 11.6 Å². The highest BCUT2D eigenvalue weighted by Gasteiger charge is 2.07. The van der Waals surface area contributed by atoms with Crippen LogP contribution in [0, 0.1) is 11.3 Å². The molecule has 0 saturated heterocycles. The van der Waals surface area contributed by atoms with Gasteiger partial charge in [0.1, 0.15) is 0 Å². The molecule has 1 aromatic heterocycles. The average molecular weight is 326 g/mol. The number of anilines is 1. The second kappa shape index (κ2) is 5.74. The molecule has 0 atom stereocenters. The summed E-state index contributed by atoms with van der Waals surface area (Å²) in [7, 11) is -3.18. The second-order valence-electron chi connectivity index (χ2n) is 5.20. The first-order chi connectivity index (χ1) is 11.0. The van der Waals surface area contributed by atoms with Crippen LogP contribution in [0.2, 0.25) is 0 Å². The number of aromatic amines is 1. The molecule has 3 rings (SSSR count). The van der Waals surface area contributed by atoms with E-state index in [1.165, 1.54) is 6.26 Å². The Morgan fingerprint density at radius 3 is 2.61 bits per heavy atom. The van der Waals surface area contributed by atoms with Gasteiger partial charge in [0, 0.05) is 12.8 Å². The molecule has 23 heavy (non-hydrogen) atoms. The molecular weight excluding hydrogens is 312 g/mol. The van der Waals surface area contributed by atoms with E-state index in [0.29, 0.717) is 23.0 Å². The highest BCUT2D eigenvalue weighted by molar-refractivity contribution is 7.90. The molecule has 0 bridgehead atoms. The summed E-state index contributed by atoms with van der Waals surface area (Å²) in [6.45, 7) is 0.509. The van der Waals surface area contributed by atoms with Crippen molar-refractivity contribution in [3.63, 3.8) is 0 Å². The number of aromatic nitrogens is 2. The first kappa shape index (κ1) is 15.1. The van der Waals surface area contributed by atoms with Crippen LogP contribution in [-0.2, 0) is 16.4 Å². The molecule has 0 aliphatic heterocycles. The Labute approximate surface area is 133 Å². The molecule has 0 amide bonds. The molecule has 6 nitrogen and oxygen atoms in total. The Balaban J connectivity index is 1.74. The highest BCUT2D eigenvalue weighted by atomic mass is 32.2. The lowest BCUT2D eigenvalue weighted by atomic mass is 10.2. The van der Waals surface area contributed by atoms with Gasteiger partial charge in [0.15, 0.2) is 9.84 Å². The number of rotatable bonds is 4. The van der Waals surface area contributed by atoms with Gasteiger partial charge >= 0.3 is 0 Å². The molecule has 0 unspecified atom stereocenters. The van der Waals surface area contributed by atoms with E-state index >= 15 is 0 Å². The van der Waals surface area contributed by atoms with E-state index < -0.39 is 9.84 Å². The number of H-pyrrole nitrogens is 1. The lowest BCUT2D eigenvalue weighted by Crippen LogP contribution is -2.02. The maximum Gasteiger partial charge on any atom is 0.201 e. The van der Waals surface area contributed by atoms with Crippen LogP contribution < -0.4 is 5.32 Å². The molecule has 0 fully saturated rings. The number of benzene rings is 2. The molecule has 0 spiro atoms. The standard InChI is InChI=1S/C16H14N4O2S/c1-23(21,22)13-5-2-11(3-6-13)10-18-16-19-14-7-4-12(9-17)8-15(14)20-16/h2-8H,10H2,1H3,(H2,18,19,20). The molecule has 2 N–H and O–H groups in total. The zero-order valence-corrected chi connectivity index (χ0v) is 13.2. The molecule has 0 radical (unpaired) electrons. The van der Waals surface area contributed by atoms with Crippen molar-refractivity contribution in [3.05, 3.63) is 53.6 Å². The van der Waals surface area contributed by atoms with Gasteiger partial charge in [-0.15, -0.1) is 0 Å². The van der Waals surface area contributed by atoms with Gasteiger partial charge in [-0.3, -0.25) is 0 Å². The highest BCUT2D eigenvalue weighted by Crippen LogP contribution is 2.17. The average Bonchev–Trinajstić information content (AvgIpc) is 2.94. The Hall–Kier alpha value is -2.85. The van der Waals surface area contributed by atoms with Crippen LogP contribution in [0.15, 0.2) is 47.4 Å². The maximum atomic E-state index is 11.4. The predicted octanol–water partition coefficient (Wildman–Crippen LogP) is 2.45. The molecule has 0 aliphatic carbocycles. The number of hydrogen-bond donors (Lipinski definition) is 2. The Morgan fingerprint density at radius 2 is 1.96 bits per heavy atom. The Bertz CT molecular complexity index is 999. The summed E-state index contributed by atoms with van der Waals surface area (Å²) in [4.78, 5) is 7.80. The maximum absolute atomic E-state index is 11.4. The number of hydrogen-bond acceptors (Lipinski definition) is 5. The van der Waals surface area contributed by atoms with E-state index in [4.69, 9.17) is 5.26 Å².